The number of carbonyl (C=O) groups excluding carboxylic acids is 1. The highest BCUT2D eigenvalue weighted by molar-refractivity contribution is 5.69. The molecular weight excluding hydrogens is 236 g/mol. The normalized spacial score (nSPS) is 9.89. The van der Waals surface area contributed by atoms with Gasteiger partial charge in [-0.2, -0.15) is 0 Å². The lowest BCUT2D eigenvalue weighted by Gasteiger charge is -2.04. The van der Waals surface area contributed by atoms with Crippen LogP contribution in [0.3, 0.4) is 0 Å². The molecule has 0 aliphatic carbocycles. The molecule has 0 atom stereocenters. The standard InChI is InChI=1S/C11H19N2O4.CH4/c1-12-3-4-13(10-12)9-11(14)17-8-7-16-6-5-15-2;/h3-4,10H,5-9H2,1-2H3;1H4/q+1;. The van der Waals surface area contributed by atoms with Crippen LogP contribution in [0.5, 0.6) is 0 Å². The van der Waals surface area contributed by atoms with E-state index in [0.29, 0.717) is 19.8 Å². The van der Waals surface area contributed by atoms with Crippen molar-refractivity contribution in [3.63, 3.8) is 0 Å². The fourth-order valence-electron chi connectivity index (χ4n) is 1.25. The summed E-state index contributed by atoms with van der Waals surface area (Å²) in [6, 6.07) is 0. The fourth-order valence-corrected chi connectivity index (χ4v) is 1.25. The molecule has 1 heterocycles. The first-order chi connectivity index (χ1) is 8.22. The molecule has 0 aliphatic heterocycles. The Kier molecular flexibility index (Phi) is 8.86. The van der Waals surface area contributed by atoms with Crippen molar-refractivity contribution in [3.8, 4) is 0 Å². The second-order valence-corrected chi connectivity index (χ2v) is 3.58. The third-order valence-electron chi connectivity index (χ3n) is 2.06. The van der Waals surface area contributed by atoms with Gasteiger partial charge >= 0.3 is 5.97 Å². The van der Waals surface area contributed by atoms with Crippen LogP contribution < -0.4 is 4.57 Å². The first kappa shape index (κ1) is 16.6. The monoisotopic (exact) mass is 259 g/mol. The number of ether oxygens (including phenoxy) is 3. The van der Waals surface area contributed by atoms with E-state index in [2.05, 4.69) is 0 Å². The maximum Gasteiger partial charge on any atom is 0.348 e. The van der Waals surface area contributed by atoms with E-state index < -0.39 is 0 Å². The molecule has 0 unspecified atom stereocenters. The van der Waals surface area contributed by atoms with Gasteiger partial charge in [-0.25, -0.2) is 13.9 Å². The summed E-state index contributed by atoms with van der Waals surface area (Å²) in [5.41, 5.74) is 0. The molecule has 0 radical (unpaired) electrons. The zero-order valence-corrected chi connectivity index (χ0v) is 10.3. The number of carbonyl (C=O) groups is 1. The van der Waals surface area contributed by atoms with Crippen molar-refractivity contribution >= 4 is 5.97 Å². The van der Waals surface area contributed by atoms with E-state index >= 15 is 0 Å². The minimum absolute atomic E-state index is 0. The van der Waals surface area contributed by atoms with Gasteiger partial charge in [0.05, 0.1) is 26.9 Å². The summed E-state index contributed by atoms with van der Waals surface area (Å²) in [6.45, 7) is 1.96. The second kappa shape index (κ2) is 9.61. The Bertz CT molecular complexity index is 339. The van der Waals surface area contributed by atoms with Crippen molar-refractivity contribution in [1.82, 2.24) is 4.57 Å². The van der Waals surface area contributed by atoms with Crippen LogP contribution in [0, 0.1) is 0 Å². The number of esters is 1. The SMILES string of the molecule is C.COCCOCCOC(=O)Cn1cc[n+](C)c1. The van der Waals surface area contributed by atoms with Crippen molar-refractivity contribution in [2.75, 3.05) is 33.5 Å². The van der Waals surface area contributed by atoms with Crippen LogP contribution in [0.25, 0.3) is 0 Å². The van der Waals surface area contributed by atoms with Crippen molar-refractivity contribution in [2.24, 2.45) is 7.05 Å². The van der Waals surface area contributed by atoms with E-state index in [9.17, 15) is 4.79 Å². The average molecular weight is 259 g/mol. The van der Waals surface area contributed by atoms with Gasteiger partial charge in [0.25, 0.3) is 0 Å². The fraction of sp³-hybridized carbons (Fsp3) is 0.667. The van der Waals surface area contributed by atoms with Gasteiger partial charge in [-0.05, 0) is 0 Å². The lowest BCUT2D eigenvalue weighted by Crippen LogP contribution is -2.24. The Labute approximate surface area is 108 Å². The van der Waals surface area contributed by atoms with Crippen LogP contribution >= 0.6 is 0 Å². The topological polar surface area (TPSA) is 53.6 Å². The van der Waals surface area contributed by atoms with E-state index in [1.54, 1.807) is 11.7 Å². The number of rotatable bonds is 8. The highest BCUT2D eigenvalue weighted by Gasteiger charge is 2.08. The van der Waals surface area contributed by atoms with E-state index in [0.717, 1.165) is 0 Å². The average Bonchev–Trinajstić information content (AvgIpc) is 2.69. The van der Waals surface area contributed by atoms with Crippen molar-refractivity contribution in [3.05, 3.63) is 18.7 Å². The summed E-state index contributed by atoms with van der Waals surface area (Å²) < 4.78 is 18.6. The molecule has 1 aromatic heterocycles. The van der Waals surface area contributed by atoms with Crippen LogP contribution in [0.4, 0.5) is 0 Å². The van der Waals surface area contributed by atoms with Gasteiger partial charge in [0.15, 0.2) is 6.54 Å². The Hall–Kier alpha value is -1.40. The Morgan fingerprint density at radius 2 is 2.00 bits per heavy atom. The molecule has 0 N–H and O–H groups in total. The smallest absolute Gasteiger partial charge is 0.348 e. The number of nitrogens with zero attached hydrogens (tertiary/aromatic N) is 2. The first-order valence-electron chi connectivity index (χ1n) is 5.45. The van der Waals surface area contributed by atoms with E-state index in [4.69, 9.17) is 14.2 Å². The molecule has 18 heavy (non-hydrogen) atoms. The van der Waals surface area contributed by atoms with Gasteiger partial charge in [-0.3, -0.25) is 0 Å². The first-order valence-corrected chi connectivity index (χ1v) is 5.45. The Balaban J connectivity index is 0.00000289. The predicted molar refractivity (Wildman–Crippen MR) is 66.0 cm³/mol. The summed E-state index contributed by atoms with van der Waals surface area (Å²) >= 11 is 0. The Morgan fingerprint density at radius 3 is 2.61 bits per heavy atom. The van der Waals surface area contributed by atoms with Crippen molar-refractivity contribution in [2.45, 2.75) is 14.0 Å². The molecular formula is C12H23N2O4+. The number of hydrogen-bond donors (Lipinski definition) is 0. The van der Waals surface area contributed by atoms with Gasteiger partial charge in [0.1, 0.15) is 19.0 Å². The molecule has 6 heteroatoms. The minimum Gasteiger partial charge on any atom is -0.460 e. The summed E-state index contributed by atoms with van der Waals surface area (Å²) in [4.78, 5) is 11.4. The van der Waals surface area contributed by atoms with Gasteiger partial charge in [0, 0.05) is 7.11 Å². The zero-order valence-electron chi connectivity index (χ0n) is 10.3. The minimum atomic E-state index is -0.267. The lowest BCUT2D eigenvalue weighted by molar-refractivity contribution is -0.671. The maximum absolute atomic E-state index is 11.4. The molecule has 0 fully saturated rings. The number of hydrogen-bond acceptors (Lipinski definition) is 4. The van der Waals surface area contributed by atoms with Crippen LogP contribution in [-0.2, 0) is 32.6 Å². The van der Waals surface area contributed by atoms with Gasteiger partial charge < -0.3 is 14.2 Å². The molecule has 0 amide bonds. The molecule has 1 rings (SSSR count). The molecule has 6 nitrogen and oxygen atoms in total. The van der Waals surface area contributed by atoms with Crippen LogP contribution in [-0.4, -0.2) is 44.1 Å². The third kappa shape index (κ3) is 7.03. The highest BCUT2D eigenvalue weighted by Crippen LogP contribution is 1.88. The summed E-state index contributed by atoms with van der Waals surface area (Å²) in [7, 11) is 3.51. The summed E-state index contributed by atoms with van der Waals surface area (Å²) in [5.74, 6) is -0.267. The number of aryl methyl sites for hydroxylation is 1. The molecule has 0 spiro atoms. The van der Waals surface area contributed by atoms with Gasteiger partial charge in [-0.15, -0.1) is 0 Å². The largest absolute Gasteiger partial charge is 0.460 e. The van der Waals surface area contributed by atoms with Crippen LogP contribution in [0.15, 0.2) is 18.7 Å². The number of imidazole rings is 1. The predicted octanol–water partition coefficient (Wildman–Crippen LogP) is 0.155. The van der Waals surface area contributed by atoms with E-state index in [1.807, 2.05) is 30.3 Å². The molecule has 0 saturated carbocycles. The van der Waals surface area contributed by atoms with Gasteiger partial charge in [0.2, 0.25) is 6.33 Å². The molecule has 0 saturated heterocycles. The van der Waals surface area contributed by atoms with Gasteiger partial charge in [-0.1, -0.05) is 7.43 Å². The Morgan fingerprint density at radius 1 is 1.28 bits per heavy atom. The quantitative estimate of drug-likeness (QED) is 0.379. The molecule has 0 aromatic carbocycles. The van der Waals surface area contributed by atoms with Crippen LogP contribution in [0.1, 0.15) is 7.43 Å². The molecule has 0 aliphatic rings. The van der Waals surface area contributed by atoms with E-state index in [1.165, 1.54) is 0 Å². The zero-order chi connectivity index (χ0) is 12.5. The number of aromatic nitrogens is 2. The van der Waals surface area contributed by atoms with Crippen LogP contribution in [0.2, 0.25) is 0 Å². The van der Waals surface area contributed by atoms with Crippen molar-refractivity contribution in [1.29, 1.82) is 0 Å². The second-order valence-electron chi connectivity index (χ2n) is 3.58. The molecule has 1 aromatic rings. The molecule has 0 bridgehead atoms. The summed E-state index contributed by atoms with van der Waals surface area (Å²) in [6.07, 6.45) is 5.49. The number of methoxy groups -OCH3 is 1. The van der Waals surface area contributed by atoms with E-state index in [-0.39, 0.29) is 26.5 Å². The maximum atomic E-state index is 11.4. The highest BCUT2D eigenvalue weighted by atomic mass is 16.6. The van der Waals surface area contributed by atoms with Crippen molar-refractivity contribution < 1.29 is 23.6 Å². The lowest BCUT2D eigenvalue weighted by atomic mass is 10.6. The molecule has 104 valence electrons. The third-order valence-corrected chi connectivity index (χ3v) is 2.06. The summed E-state index contributed by atoms with van der Waals surface area (Å²) in [5, 5.41) is 0.